The maximum absolute atomic E-state index is 13.2. The number of nitrogens with two attached hydrogens (primary N) is 1. The number of nitrogens with zero attached hydrogens (tertiary/aromatic N) is 4. The van der Waals surface area contributed by atoms with E-state index in [1.807, 2.05) is 0 Å². The smallest absolute Gasteiger partial charge is 0.352 e. The van der Waals surface area contributed by atoms with Gasteiger partial charge in [-0.05, 0) is 27.2 Å². The van der Waals surface area contributed by atoms with Gasteiger partial charge in [0.25, 0.3) is 11.8 Å². The summed E-state index contributed by atoms with van der Waals surface area (Å²) in [6.07, 6.45) is -0.967. The van der Waals surface area contributed by atoms with Crippen molar-refractivity contribution in [1.82, 2.24) is 19.6 Å². The molecule has 1 aromatic rings. The number of fused-ring (bicyclic) bond motifs is 1. The summed E-state index contributed by atoms with van der Waals surface area (Å²) in [6, 6.07) is -1.11. The minimum absolute atomic E-state index is 0.0370. The topological polar surface area (TPSA) is 213 Å². The standard InChI is InChI=1S/C22H28N6O9S2/c1-6-11(20(34)36-22(3,4)5)37-26-12(15-25-21(23)39-27-15)16(30)24-13-17(31)28-14(19(32)33)10(7-35-9(2)29)8-38-18(13)28/h11,13,18H,6-8H2,1-5H3,(H,24,30)(H,32,33)(H2,23,25,27)/t11?,13-,18-/m1/s1. The molecule has 39 heavy (non-hydrogen) atoms. The molecule has 0 saturated carbocycles. The molecule has 0 aromatic carbocycles. The van der Waals surface area contributed by atoms with Crippen LogP contribution in [0, 0.1) is 0 Å². The lowest BCUT2D eigenvalue weighted by Gasteiger charge is -2.49. The average molecular weight is 585 g/mol. The van der Waals surface area contributed by atoms with Gasteiger partial charge in [-0.15, -0.1) is 11.8 Å². The summed E-state index contributed by atoms with van der Waals surface area (Å²) in [5.41, 5.74) is 4.38. The number of carbonyl (C=O) groups excluding carboxylic acids is 4. The van der Waals surface area contributed by atoms with Crippen LogP contribution in [0.25, 0.3) is 0 Å². The van der Waals surface area contributed by atoms with Gasteiger partial charge < -0.3 is 30.5 Å². The molecule has 0 aliphatic carbocycles. The van der Waals surface area contributed by atoms with Crippen molar-refractivity contribution in [2.45, 2.75) is 64.2 Å². The lowest BCUT2D eigenvalue weighted by atomic mass is 10.0. The number of anilines is 1. The molecular formula is C22H28N6O9S2. The fraction of sp³-hybridized carbons (Fsp3) is 0.545. The number of hydrogen-bond donors (Lipinski definition) is 3. The van der Waals surface area contributed by atoms with E-state index in [1.54, 1.807) is 27.7 Å². The number of rotatable bonds is 10. The molecule has 17 heteroatoms. The highest BCUT2D eigenvalue weighted by atomic mass is 32.2. The second-order valence-electron chi connectivity index (χ2n) is 9.33. The quantitative estimate of drug-likeness (QED) is 0.146. The zero-order valence-electron chi connectivity index (χ0n) is 21.7. The Morgan fingerprint density at radius 2 is 2.00 bits per heavy atom. The number of nitrogens with one attached hydrogen (secondary N) is 1. The van der Waals surface area contributed by atoms with Gasteiger partial charge in [-0.1, -0.05) is 12.1 Å². The Labute approximate surface area is 231 Å². The van der Waals surface area contributed by atoms with Gasteiger partial charge in [-0.2, -0.15) is 9.36 Å². The Kier molecular flexibility index (Phi) is 9.16. The molecule has 3 atom stereocenters. The molecule has 15 nitrogen and oxygen atoms in total. The van der Waals surface area contributed by atoms with Crippen LogP contribution in [0.15, 0.2) is 16.4 Å². The molecule has 0 radical (unpaired) electrons. The van der Waals surface area contributed by atoms with Crippen molar-refractivity contribution in [3.8, 4) is 0 Å². The summed E-state index contributed by atoms with van der Waals surface area (Å²) in [5.74, 6) is -4.30. The van der Waals surface area contributed by atoms with E-state index in [9.17, 15) is 29.1 Å². The summed E-state index contributed by atoms with van der Waals surface area (Å²) >= 11 is 1.98. The number of nitrogen functional groups attached to an aromatic ring is 1. The first kappa shape index (κ1) is 29.8. The fourth-order valence-electron chi connectivity index (χ4n) is 3.48. The summed E-state index contributed by atoms with van der Waals surface area (Å²) in [7, 11) is 0. The predicted octanol–water partition coefficient (Wildman–Crippen LogP) is 0.263. The van der Waals surface area contributed by atoms with Gasteiger partial charge >= 0.3 is 17.9 Å². The Bertz CT molecular complexity index is 1240. The van der Waals surface area contributed by atoms with E-state index in [0.29, 0.717) is 0 Å². The van der Waals surface area contributed by atoms with E-state index in [-0.39, 0.29) is 41.0 Å². The van der Waals surface area contributed by atoms with Gasteiger partial charge in [0.2, 0.25) is 17.6 Å². The van der Waals surface area contributed by atoms with Crippen molar-refractivity contribution in [2.75, 3.05) is 18.1 Å². The molecule has 212 valence electrons. The number of aromatic nitrogens is 2. The number of thioether (sulfide) groups is 1. The van der Waals surface area contributed by atoms with Gasteiger partial charge in [0.05, 0.1) is 0 Å². The second kappa shape index (κ2) is 12.0. The van der Waals surface area contributed by atoms with E-state index >= 15 is 0 Å². The zero-order valence-corrected chi connectivity index (χ0v) is 23.4. The molecule has 0 bridgehead atoms. The van der Waals surface area contributed by atoms with Crippen LogP contribution in [-0.2, 0) is 38.3 Å². The Morgan fingerprint density at radius 3 is 2.54 bits per heavy atom. The van der Waals surface area contributed by atoms with Crippen LogP contribution in [0.2, 0.25) is 0 Å². The predicted molar refractivity (Wildman–Crippen MR) is 138 cm³/mol. The van der Waals surface area contributed by atoms with Gasteiger partial charge in [-0.3, -0.25) is 19.3 Å². The molecular weight excluding hydrogens is 556 g/mol. The van der Waals surface area contributed by atoms with Crippen molar-refractivity contribution in [2.24, 2.45) is 5.16 Å². The molecule has 3 heterocycles. The van der Waals surface area contributed by atoms with Crippen molar-refractivity contribution < 1.29 is 43.4 Å². The average Bonchev–Trinajstić information content (AvgIpc) is 3.27. The number of oxime groups is 1. The monoisotopic (exact) mass is 584 g/mol. The summed E-state index contributed by atoms with van der Waals surface area (Å²) in [5, 5.41) is 15.3. The normalized spacial score (nSPS) is 20.0. The molecule has 2 amide bonds. The number of carboxylic acids is 1. The van der Waals surface area contributed by atoms with E-state index < -0.39 is 58.6 Å². The highest BCUT2D eigenvalue weighted by molar-refractivity contribution is 8.00. The SMILES string of the molecule is CCC(ON=C(C(=O)N[C@@H]1C(=O)N2C(C(=O)O)=C(COC(C)=O)CS[C@H]12)c1nsc(N)n1)C(=O)OC(C)(C)C. The first-order chi connectivity index (χ1) is 18.2. The minimum Gasteiger partial charge on any atom is -0.477 e. The van der Waals surface area contributed by atoms with Gasteiger partial charge in [0.15, 0.2) is 5.13 Å². The van der Waals surface area contributed by atoms with Crippen LogP contribution >= 0.6 is 23.3 Å². The molecule has 1 aromatic heterocycles. The van der Waals surface area contributed by atoms with E-state index in [0.717, 1.165) is 16.4 Å². The number of β-lactam (4-membered cyclic amide) rings is 1. The zero-order chi connectivity index (χ0) is 29.1. The van der Waals surface area contributed by atoms with Crippen molar-refractivity contribution in [3.05, 3.63) is 17.1 Å². The maximum Gasteiger partial charge on any atom is 0.352 e. The Balaban J connectivity index is 1.80. The van der Waals surface area contributed by atoms with Crippen LogP contribution in [0.4, 0.5) is 5.13 Å². The van der Waals surface area contributed by atoms with Gasteiger partial charge in [0.1, 0.15) is 29.3 Å². The fourth-order valence-corrected chi connectivity index (χ4v) is 5.24. The Hall–Kier alpha value is -3.73. The lowest BCUT2D eigenvalue weighted by molar-refractivity contribution is -0.169. The van der Waals surface area contributed by atoms with Crippen LogP contribution in [0.5, 0.6) is 0 Å². The largest absolute Gasteiger partial charge is 0.477 e. The number of esters is 2. The maximum atomic E-state index is 13.2. The second-order valence-corrected chi connectivity index (χ2v) is 11.2. The molecule has 1 saturated heterocycles. The number of carbonyl (C=O) groups is 5. The van der Waals surface area contributed by atoms with Gasteiger partial charge in [0, 0.05) is 29.8 Å². The summed E-state index contributed by atoms with van der Waals surface area (Å²) in [4.78, 5) is 72.0. The number of carboxylic acid groups (broad SMARTS) is 1. The van der Waals surface area contributed by atoms with E-state index in [1.165, 1.54) is 18.7 Å². The van der Waals surface area contributed by atoms with Crippen molar-refractivity contribution in [1.29, 1.82) is 0 Å². The van der Waals surface area contributed by atoms with Crippen LogP contribution in [0.3, 0.4) is 0 Å². The van der Waals surface area contributed by atoms with E-state index in [2.05, 4.69) is 19.8 Å². The van der Waals surface area contributed by atoms with Crippen molar-refractivity contribution >= 4 is 63.9 Å². The number of hydrogen-bond acceptors (Lipinski definition) is 14. The minimum atomic E-state index is -1.37. The third kappa shape index (κ3) is 7.03. The highest BCUT2D eigenvalue weighted by Crippen LogP contribution is 2.40. The third-order valence-corrected chi connectivity index (χ3v) is 7.05. The molecule has 0 spiro atoms. The van der Waals surface area contributed by atoms with Crippen LogP contribution in [-0.4, -0.2) is 90.3 Å². The van der Waals surface area contributed by atoms with Crippen LogP contribution in [0.1, 0.15) is 46.9 Å². The molecule has 2 aliphatic rings. The first-order valence-corrected chi connectivity index (χ1v) is 13.5. The number of ether oxygens (including phenoxy) is 2. The molecule has 4 N–H and O–H groups in total. The van der Waals surface area contributed by atoms with Gasteiger partial charge in [-0.25, -0.2) is 9.59 Å². The molecule has 2 aliphatic heterocycles. The Morgan fingerprint density at radius 1 is 1.31 bits per heavy atom. The molecule has 1 fully saturated rings. The van der Waals surface area contributed by atoms with E-state index in [4.69, 9.17) is 20.0 Å². The third-order valence-electron chi connectivity index (χ3n) is 5.17. The highest BCUT2D eigenvalue weighted by Gasteiger charge is 2.54. The first-order valence-electron chi connectivity index (χ1n) is 11.6. The lowest BCUT2D eigenvalue weighted by Crippen LogP contribution is -2.71. The molecule has 1 unspecified atom stereocenters. The summed E-state index contributed by atoms with van der Waals surface area (Å²) < 4.78 is 14.2. The summed E-state index contributed by atoms with van der Waals surface area (Å²) in [6.45, 7) is 7.63. The van der Waals surface area contributed by atoms with Crippen LogP contribution < -0.4 is 11.1 Å². The van der Waals surface area contributed by atoms with Crippen molar-refractivity contribution in [3.63, 3.8) is 0 Å². The molecule has 3 rings (SSSR count). The number of amides is 2. The number of aliphatic carboxylic acids is 1.